The van der Waals surface area contributed by atoms with Crippen molar-refractivity contribution in [1.82, 2.24) is 9.62 Å². The highest BCUT2D eigenvalue weighted by atomic mass is 79.9. The van der Waals surface area contributed by atoms with Gasteiger partial charge in [0.05, 0.1) is 29.7 Å². The van der Waals surface area contributed by atoms with Gasteiger partial charge < -0.3 is 21.9 Å². The van der Waals surface area contributed by atoms with E-state index in [9.17, 15) is 12.8 Å². The van der Waals surface area contributed by atoms with Crippen LogP contribution in [-0.2, 0) is 14.8 Å². The number of ether oxygens (including phenoxy) is 2. The summed E-state index contributed by atoms with van der Waals surface area (Å²) >= 11 is 3.31. The molecule has 1 N–H and O–H groups in total. The summed E-state index contributed by atoms with van der Waals surface area (Å²) in [5, 5.41) is 0. The molecule has 6 nitrogen and oxygen atoms in total. The van der Waals surface area contributed by atoms with E-state index in [0.717, 1.165) is 5.56 Å². The Morgan fingerprint density at radius 2 is 1.86 bits per heavy atom. The van der Waals surface area contributed by atoms with E-state index in [4.69, 9.17) is 9.47 Å². The van der Waals surface area contributed by atoms with Crippen LogP contribution in [0.2, 0.25) is 0 Å². The van der Waals surface area contributed by atoms with Gasteiger partial charge in [-0.3, -0.25) is 4.90 Å². The van der Waals surface area contributed by atoms with Gasteiger partial charge in [0.25, 0.3) is 0 Å². The van der Waals surface area contributed by atoms with Gasteiger partial charge in [0.1, 0.15) is 11.6 Å². The lowest BCUT2D eigenvalue weighted by molar-refractivity contribution is -0.0000121. The Labute approximate surface area is 185 Å². The Hall–Kier alpha value is -1.23. The van der Waals surface area contributed by atoms with Gasteiger partial charge in [0.15, 0.2) is 0 Å². The zero-order valence-corrected chi connectivity index (χ0v) is 18.9. The van der Waals surface area contributed by atoms with E-state index in [1.165, 1.54) is 31.4 Å². The molecule has 10 heteroatoms. The summed E-state index contributed by atoms with van der Waals surface area (Å²) in [6.45, 7) is 2.68. The van der Waals surface area contributed by atoms with Crippen LogP contribution in [-0.4, -0.2) is 53.3 Å². The second kappa shape index (κ2) is 10.7. The Kier molecular flexibility index (Phi) is 8.87. The molecule has 1 aliphatic rings. The minimum atomic E-state index is -3.73. The van der Waals surface area contributed by atoms with Crippen LogP contribution in [0.25, 0.3) is 0 Å². The summed E-state index contributed by atoms with van der Waals surface area (Å²) in [6, 6.07) is 10.5. The lowest BCUT2D eigenvalue weighted by atomic mass is 10.0. The molecule has 3 rings (SSSR count). The molecule has 160 valence electrons. The molecule has 1 fully saturated rings. The Bertz CT molecular complexity index is 909. The number of methoxy groups -OCH3 is 1. The van der Waals surface area contributed by atoms with Crippen molar-refractivity contribution in [3.63, 3.8) is 0 Å². The van der Waals surface area contributed by atoms with E-state index in [1.54, 1.807) is 18.2 Å². The molecule has 0 bridgehead atoms. The van der Waals surface area contributed by atoms with Gasteiger partial charge in [-0.15, -0.1) is 0 Å². The number of hydrogen-bond donors (Lipinski definition) is 1. The maximum Gasteiger partial charge on any atom is 0.240 e. The highest BCUT2D eigenvalue weighted by molar-refractivity contribution is 9.10. The molecule has 2 aromatic carbocycles. The summed E-state index contributed by atoms with van der Waals surface area (Å²) in [5.74, 6) is 0.226. The fraction of sp³-hybridized carbons (Fsp3) is 0.368. The Morgan fingerprint density at radius 1 is 1.21 bits per heavy atom. The highest BCUT2D eigenvalue weighted by Gasteiger charge is 2.25. The molecule has 0 spiro atoms. The number of rotatable bonds is 7. The van der Waals surface area contributed by atoms with Crippen molar-refractivity contribution in [2.75, 3.05) is 40.0 Å². The largest absolute Gasteiger partial charge is 1.00 e. The summed E-state index contributed by atoms with van der Waals surface area (Å²) in [6.07, 6.45) is 0. The number of hydrogen-bond acceptors (Lipinski definition) is 5. The van der Waals surface area contributed by atoms with Crippen LogP contribution in [0.4, 0.5) is 4.39 Å². The maximum atomic E-state index is 13.3. The fourth-order valence-corrected chi connectivity index (χ4v) is 4.87. The standard InChI is InChI=1S/C19H22BrFN2O4S.ClH/c1-26-19-7-6-16(12-17(19)20)28(24,25)22-13-18(23-8-10-27-11-9-23)14-2-4-15(21)5-3-14;/h2-7,12,18,22H,8-11,13H2,1H3;1H/p-1. The van der Waals surface area contributed by atoms with Crippen LogP contribution in [0.15, 0.2) is 51.8 Å². The van der Waals surface area contributed by atoms with Gasteiger partial charge in [0.2, 0.25) is 10.0 Å². The van der Waals surface area contributed by atoms with Crippen molar-refractivity contribution in [2.45, 2.75) is 10.9 Å². The Morgan fingerprint density at radius 3 is 2.45 bits per heavy atom. The van der Waals surface area contributed by atoms with Crippen LogP contribution in [0.3, 0.4) is 0 Å². The predicted octanol–water partition coefficient (Wildman–Crippen LogP) is -0.0474. The first kappa shape index (κ1) is 24.0. The van der Waals surface area contributed by atoms with E-state index in [0.29, 0.717) is 36.5 Å². The molecular weight excluding hydrogens is 487 g/mol. The van der Waals surface area contributed by atoms with E-state index in [2.05, 4.69) is 25.6 Å². The molecule has 1 aliphatic heterocycles. The molecule has 0 radical (unpaired) electrons. The monoisotopic (exact) mass is 507 g/mol. The number of sulfonamides is 1. The third kappa shape index (κ3) is 6.13. The zero-order chi connectivity index (χ0) is 20.1. The van der Waals surface area contributed by atoms with Gasteiger partial charge in [-0.1, -0.05) is 12.1 Å². The van der Waals surface area contributed by atoms with Gasteiger partial charge in [0, 0.05) is 25.7 Å². The van der Waals surface area contributed by atoms with E-state index >= 15 is 0 Å². The van der Waals surface area contributed by atoms with Crippen LogP contribution >= 0.6 is 15.9 Å². The summed E-state index contributed by atoms with van der Waals surface area (Å²) < 4.78 is 52.7. The molecule has 1 unspecified atom stereocenters. The minimum Gasteiger partial charge on any atom is -1.00 e. The first-order valence-electron chi connectivity index (χ1n) is 8.81. The van der Waals surface area contributed by atoms with Gasteiger partial charge in [-0.2, -0.15) is 0 Å². The summed E-state index contributed by atoms with van der Waals surface area (Å²) in [5.41, 5.74) is 0.849. The molecule has 0 aromatic heterocycles. The van der Waals surface area contributed by atoms with Gasteiger partial charge in [-0.25, -0.2) is 17.5 Å². The number of nitrogens with zero attached hydrogens (tertiary/aromatic N) is 1. The zero-order valence-electron chi connectivity index (χ0n) is 15.8. The SMILES string of the molecule is COc1ccc(S(=O)(=O)NCC(c2ccc(F)cc2)N2CCOCC2)cc1Br.[Cl-]. The molecular formula is C19H22BrClFN2O4S-. The van der Waals surface area contributed by atoms with Crippen LogP contribution in [0.1, 0.15) is 11.6 Å². The Balaban J connectivity index is 0.00000300. The smallest absolute Gasteiger partial charge is 0.240 e. The van der Waals surface area contributed by atoms with E-state index in [-0.39, 0.29) is 35.7 Å². The molecule has 1 saturated heterocycles. The fourth-order valence-electron chi connectivity index (χ4n) is 3.12. The average Bonchev–Trinajstić information content (AvgIpc) is 2.70. The van der Waals surface area contributed by atoms with Crippen molar-refractivity contribution < 1.29 is 34.7 Å². The summed E-state index contributed by atoms with van der Waals surface area (Å²) in [4.78, 5) is 2.28. The molecule has 0 saturated carbocycles. The van der Waals surface area contributed by atoms with Crippen LogP contribution < -0.4 is 21.9 Å². The first-order valence-corrected chi connectivity index (χ1v) is 11.1. The van der Waals surface area contributed by atoms with Crippen LogP contribution in [0.5, 0.6) is 5.75 Å². The molecule has 29 heavy (non-hydrogen) atoms. The molecule has 1 atom stereocenters. The topological polar surface area (TPSA) is 67.9 Å². The third-order valence-corrected chi connectivity index (χ3v) is 6.68. The van der Waals surface area contributed by atoms with Crippen LogP contribution in [0, 0.1) is 5.82 Å². The quantitative estimate of drug-likeness (QED) is 0.568. The predicted molar refractivity (Wildman–Crippen MR) is 107 cm³/mol. The lowest BCUT2D eigenvalue weighted by Gasteiger charge is -2.34. The first-order chi connectivity index (χ1) is 13.4. The van der Waals surface area contributed by atoms with Crippen molar-refractivity contribution in [3.8, 4) is 5.75 Å². The second-order valence-corrected chi connectivity index (χ2v) is 8.99. The van der Waals surface area contributed by atoms with E-state index < -0.39 is 10.0 Å². The number of nitrogens with one attached hydrogen (secondary N) is 1. The molecule has 0 aliphatic carbocycles. The number of morpholine rings is 1. The molecule has 2 aromatic rings. The van der Waals surface area contributed by atoms with Crippen molar-refractivity contribution in [2.24, 2.45) is 0 Å². The average molecular weight is 509 g/mol. The third-order valence-electron chi connectivity index (χ3n) is 4.64. The summed E-state index contributed by atoms with van der Waals surface area (Å²) in [7, 11) is -2.21. The highest BCUT2D eigenvalue weighted by Crippen LogP contribution is 2.28. The van der Waals surface area contributed by atoms with Gasteiger partial charge in [-0.05, 0) is 51.8 Å². The van der Waals surface area contributed by atoms with Crippen molar-refractivity contribution in [3.05, 3.63) is 58.3 Å². The lowest BCUT2D eigenvalue weighted by Crippen LogP contribution is -3.00. The van der Waals surface area contributed by atoms with Crippen molar-refractivity contribution >= 4 is 26.0 Å². The normalized spacial score (nSPS) is 16.1. The number of benzene rings is 2. The van der Waals surface area contributed by atoms with Crippen molar-refractivity contribution in [1.29, 1.82) is 0 Å². The molecule has 0 amide bonds. The maximum absolute atomic E-state index is 13.3. The molecule has 1 heterocycles. The number of halogens is 3. The van der Waals surface area contributed by atoms with E-state index in [1.807, 2.05) is 0 Å². The van der Waals surface area contributed by atoms with Gasteiger partial charge >= 0.3 is 0 Å². The minimum absolute atomic E-state index is 0. The second-order valence-electron chi connectivity index (χ2n) is 6.36.